The molecule has 3 aromatic rings. The van der Waals surface area contributed by atoms with Crippen molar-refractivity contribution in [3.8, 4) is 17.0 Å². The largest absolute Gasteiger partial charge is 0.488 e. The summed E-state index contributed by atoms with van der Waals surface area (Å²) in [7, 11) is 0. The van der Waals surface area contributed by atoms with Gasteiger partial charge in [-0.3, -0.25) is 4.79 Å². The molecule has 1 aromatic heterocycles. The third kappa shape index (κ3) is 5.19. The fourth-order valence-electron chi connectivity index (χ4n) is 3.17. The number of rotatable bonds is 7. The van der Waals surface area contributed by atoms with Gasteiger partial charge in [0.2, 0.25) is 5.76 Å². The third-order valence-corrected chi connectivity index (χ3v) is 5.25. The minimum Gasteiger partial charge on any atom is -0.488 e. The molecule has 0 bridgehead atoms. The summed E-state index contributed by atoms with van der Waals surface area (Å²) in [5, 5.41) is 12.9. The number of nitrogens with zero attached hydrogens (tertiary/aromatic N) is 1. The normalized spacial score (nSPS) is 11.5. The van der Waals surface area contributed by atoms with Crippen LogP contribution >= 0.6 is 11.6 Å². The van der Waals surface area contributed by atoms with E-state index in [1.165, 1.54) is 0 Å². The van der Waals surface area contributed by atoms with E-state index in [1.54, 1.807) is 43.3 Å². The number of hydrogen-bond acceptors (Lipinski definition) is 4. The second kappa shape index (κ2) is 9.01. The van der Waals surface area contributed by atoms with Crippen LogP contribution in [0.2, 0.25) is 5.02 Å². The Hall–Kier alpha value is -3.00. The predicted octanol–water partition coefficient (Wildman–Crippen LogP) is 6.23. The van der Waals surface area contributed by atoms with Gasteiger partial charge in [0, 0.05) is 17.0 Å². The number of alkyl halides is 3. The number of benzene rings is 2. The molecule has 0 aliphatic heterocycles. The maximum atomic E-state index is 13.5. The predicted molar refractivity (Wildman–Crippen MR) is 108 cm³/mol. The van der Waals surface area contributed by atoms with E-state index in [-0.39, 0.29) is 17.7 Å². The molecule has 1 N–H and O–H groups in total. The van der Waals surface area contributed by atoms with Crippen LogP contribution in [0.5, 0.6) is 5.75 Å². The average molecular weight is 454 g/mol. The Balaban J connectivity index is 1.90. The van der Waals surface area contributed by atoms with Crippen LogP contribution in [0.4, 0.5) is 13.2 Å². The number of halogens is 4. The van der Waals surface area contributed by atoms with Gasteiger partial charge >= 0.3 is 12.1 Å². The van der Waals surface area contributed by atoms with Gasteiger partial charge in [-0.15, -0.1) is 0 Å². The highest BCUT2D eigenvalue weighted by atomic mass is 35.5. The van der Waals surface area contributed by atoms with E-state index >= 15 is 0 Å². The Bertz CT molecular complexity index is 1090. The van der Waals surface area contributed by atoms with Gasteiger partial charge < -0.3 is 14.4 Å². The van der Waals surface area contributed by atoms with Crippen molar-refractivity contribution in [2.45, 2.75) is 39.5 Å². The first-order valence-electron chi connectivity index (χ1n) is 9.33. The number of carbonyl (C=O) groups is 1. The fourth-order valence-corrected chi connectivity index (χ4v) is 3.30. The Labute approximate surface area is 181 Å². The van der Waals surface area contributed by atoms with Crippen molar-refractivity contribution in [2.24, 2.45) is 0 Å². The minimum absolute atomic E-state index is 0.0133. The van der Waals surface area contributed by atoms with Crippen LogP contribution in [0.3, 0.4) is 0 Å². The lowest BCUT2D eigenvalue weighted by Gasteiger charge is -2.15. The van der Waals surface area contributed by atoms with E-state index in [0.29, 0.717) is 22.8 Å². The van der Waals surface area contributed by atoms with Gasteiger partial charge in [-0.1, -0.05) is 35.0 Å². The van der Waals surface area contributed by atoms with Crippen LogP contribution in [0.25, 0.3) is 11.3 Å². The third-order valence-electron chi connectivity index (χ3n) is 4.99. The lowest BCUT2D eigenvalue weighted by Crippen LogP contribution is -2.10. The van der Waals surface area contributed by atoms with Crippen molar-refractivity contribution in [2.75, 3.05) is 0 Å². The molecule has 5 nitrogen and oxygen atoms in total. The molecule has 31 heavy (non-hydrogen) atoms. The molecule has 0 spiro atoms. The molecule has 9 heteroatoms. The molecule has 2 aromatic carbocycles. The molecule has 0 aliphatic rings. The van der Waals surface area contributed by atoms with E-state index in [4.69, 9.17) is 21.4 Å². The zero-order valence-electron chi connectivity index (χ0n) is 16.7. The van der Waals surface area contributed by atoms with Crippen LogP contribution in [0.15, 0.2) is 40.9 Å². The van der Waals surface area contributed by atoms with E-state index in [0.717, 1.165) is 16.7 Å². The molecule has 0 fully saturated rings. The van der Waals surface area contributed by atoms with E-state index < -0.39 is 24.5 Å². The Kier molecular flexibility index (Phi) is 6.59. The Morgan fingerprint density at radius 3 is 2.42 bits per heavy atom. The summed E-state index contributed by atoms with van der Waals surface area (Å²) in [5.41, 5.74) is 2.62. The molecular formula is C22H19ClF3NO4. The van der Waals surface area contributed by atoms with Crippen LogP contribution in [0, 0.1) is 13.8 Å². The number of hydrogen-bond donors (Lipinski definition) is 1. The van der Waals surface area contributed by atoms with Gasteiger partial charge in [0.15, 0.2) is 0 Å². The minimum atomic E-state index is -4.73. The molecule has 0 saturated carbocycles. The molecule has 0 saturated heterocycles. The first-order valence-corrected chi connectivity index (χ1v) is 9.71. The van der Waals surface area contributed by atoms with Crippen molar-refractivity contribution < 1.29 is 32.3 Å². The summed E-state index contributed by atoms with van der Waals surface area (Å²) in [4.78, 5) is 10.8. The first-order chi connectivity index (χ1) is 14.6. The van der Waals surface area contributed by atoms with Crippen molar-refractivity contribution >= 4 is 17.6 Å². The zero-order valence-corrected chi connectivity index (χ0v) is 17.5. The summed E-state index contributed by atoms with van der Waals surface area (Å²) in [6.45, 7) is 3.18. The maximum absolute atomic E-state index is 13.5. The molecule has 0 unspecified atom stereocenters. The van der Waals surface area contributed by atoms with Gasteiger partial charge in [-0.25, -0.2) is 0 Å². The molecule has 164 valence electrons. The monoisotopic (exact) mass is 453 g/mol. The maximum Gasteiger partial charge on any atom is 0.452 e. The summed E-state index contributed by atoms with van der Waals surface area (Å²) in [5.74, 6) is -1.72. The van der Waals surface area contributed by atoms with Crippen molar-refractivity contribution in [3.63, 3.8) is 0 Å². The lowest BCUT2D eigenvalue weighted by molar-refractivity contribution is -0.156. The van der Waals surface area contributed by atoms with Crippen LogP contribution in [0.1, 0.15) is 34.4 Å². The highest BCUT2D eigenvalue weighted by Gasteiger charge is 2.40. The van der Waals surface area contributed by atoms with Gasteiger partial charge in [0.1, 0.15) is 18.1 Å². The second-order valence-electron chi connectivity index (χ2n) is 7.00. The second-order valence-corrected chi connectivity index (χ2v) is 7.44. The van der Waals surface area contributed by atoms with E-state index in [9.17, 15) is 18.0 Å². The van der Waals surface area contributed by atoms with Crippen LogP contribution in [-0.4, -0.2) is 16.2 Å². The van der Waals surface area contributed by atoms with Crippen molar-refractivity contribution in [1.82, 2.24) is 5.16 Å². The van der Waals surface area contributed by atoms with Crippen LogP contribution in [-0.2, 0) is 24.0 Å². The number of aromatic nitrogens is 1. The number of carboxylic acids is 1. The molecular weight excluding hydrogens is 435 g/mol. The molecule has 0 aliphatic carbocycles. The zero-order chi connectivity index (χ0) is 22.8. The van der Waals surface area contributed by atoms with Gasteiger partial charge in [0.05, 0.1) is 5.56 Å². The molecule has 0 atom stereocenters. The highest BCUT2D eigenvalue weighted by Crippen LogP contribution is 2.38. The SMILES string of the molecule is Cc1c(CCC(=O)O)ccc(OCc2c(-c3ccc(Cl)cc3)noc2C(F)(F)F)c1C. The molecule has 3 rings (SSSR count). The first kappa shape index (κ1) is 22.7. The average Bonchev–Trinajstić information content (AvgIpc) is 3.13. The lowest BCUT2D eigenvalue weighted by atomic mass is 9.99. The van der Waals surface area contributed by atoms with Gasteiger partial charge in [-0.2, -0.15) is 13.2 Å². The van der Waals surface area contributed by atoms with E-state index in [2.05, 4.69) is 9.68 Å². The fraction of sp³-hybridized carbons (Fsp3) is 0.273. The number of aliphatic carboxylic acids is 1. The number of aryl methyl sites for hydroxylation is 1. The standard InChI is InChI=1S/C22H19ClF3NO4/c1-12-13(2)18(9-5-14(12)6-10-19(28)29)30-11-17-20(15-3-7-16(23)8-4-15)27-31-21(17)22(24,25)26/h3-5,7-9H,6,10-11H2,1-2H3,(H,28,29). The summed E-state index contributed by atoms with van der Waals surface area (Å²) in [6.07, 6.45) is -4.39. The summed E-state index contributed by atoms with van der Waals surface area (Å²) < 4.78 is 50.7. The molecule has 0 radical (unpaired) electrons. The van der Waals surface area contributed by atoms with Crippen molar-refractivity contribution in [1.29, 1.82) is 0 Å². The van der Waals surface area contributed by atoms with Crippen LogP contribution < -0.4 is 4.74 Å². The quantitative estimate of drug-likeness (QED) is 0.459. The topological polar surface area (TPSA) is 72.6 Å². The Morgan fingerprint density at radius 2 is 1.81 bits per heavy atom. The summed E-state index contributed by atoms with van der Waals surface area (Å²) >= 11 is 5.86. The number of ether oxygens (including phenoxy) is 1. The Morgan fingerprint density at radius 1 is 1.13 bits per heavy atom. The summed E-state index contributed by atoms with van der Waals surface area (Å²) in [6, 6.07) is 9.55. The molecule has 0 amide bonds. The van der Waals surface area contributed by atoms with Crippen molar-refractivity contribution in [3.05, 3.63) is 69.4 Å². The van der Waals surface area contributed by atoms with E-state index in [1.807, 2.05) is 6.92 Å². The molecule has 1 heterocycles. The van der Waals surface area contributed by atoms with Gasteiger partial charge in [-0.05, 0) is 55.2 Å². The number of carboxylic acid groups (broad SMARTS) is 1. The highest BCUT2D eigenvalue weighted by molar-refractivity contribution is 6.30. The smallest absolute Gasteiger partial charge is 0.452 e. The van der Waals surface area contributed by atoms with Gasteiger partial charge in [0.25, 0.3) is 0 Å².